The highest BCUT2D eigenvalue weighted by atomic mass is 35.5. The first kappa shape index (κ1) is 18.1. The molecule has 1 aliphatic heterocycles. The van der Waals surface area contributed by atoms with Crippen molar-refractivity contribution in [2.75, 3.05) is 4.90 Å². The maximum Gasteiger partial charge on any atom is 0.323 e. The summed E-state index contributed by atoms with van der Waals surface area (Å²) in [6.45, 7) is 1.79. The molecule has 1 aromatic rings. The molecule has 4 nitrogen and oxygen atoms in total. The van der Waals surface area contributed by atoms with Gasteiger partial charge in [-0.3, -0.25) is 0 Å². The first-order valence-electron chi connectivity index (χ1n) is 7.20. The Morgan fingerprint density at radius 1 is 0.960 bits per heavy atom. The van der Waals surface area contributed by atoms with Gasteiger partial charge in [0.2, 0.25) is 0 Å². The molecule has 0 spiro atoms. The van der Waals surface area contributed by atoms with Crippen LogP contribution in [0.4, 0.5) is 5.82 Å². The molecule has 1 aromatic heterocycles. The lowest BCUT2D eigenvalue weighted by Crippen LogP contribution is -2.50. The number of fused-ring (bicyclic) bond motifs is 5. The minimum Gasteiger partial charge on any atom is -0.246 e. The summed E-state index contributed by atoms with van der Waals surface area (Å²) in [7, 11) is 0. The Hall–Kier alpha value is -0.230. The quantitative estimate of drug-likeness (QED) is 0.472. The predicted octanol–water partition coefficient (Wildman–Crippen LogP) is 3.76. The van der Waals surface area contributed by atoms with Gasteiger partial charge in [-0.15, -0.1) is 28.1 Å². The van der Waals surface area contributed by atoms with Crippen molar-refractivity contribution in [1.29, 1.82) is 0 Å². The number of alkyl halides is 4. The fraction of sp³-hybridized carbons (Fsp3) is 0.400. The molecule has 0 aromatic carbocycles. The third kappa shape index (κ3) is 1.77. The van der Waals surface area contributed by atoms with Gasteiger partial charge in [-0.05, 0) is 13.0 Å². The van der Waals surface area contributed by atoms with Gasteiger partial charge in [0.25, 0.3) is 5.82 Å². The maximum absolute atomic E-state index is 13.1. The number of halogens is 6. The lowest BCUT2D eigenvalue weighted by Gasteiger charge is -2.33. The van der Waals surface area contributed by atoms with Crippen LogP contribution in [0, 0.1) is 18.8 Å². The molecule has 132 valence electrons. The summed E-state index contributed by atoms with van der Waals surface area (Å²) < 4.78 is -1.92. The van der Waals surface area contributed by atoms with Crippen LogP contribution >= 0.6 is 69.6 Å². The van der Waals surface area contributed by atoms with E-state index in [9.17, 15) is 9.59 Å². The lowest BCUT2D eigenvalue weighted by molar-refractivity contribution is -0.372. The molecule has 2 fully saturated rings. The summed E-state index contributed by atoms with van der Waals surface area (Å²) in [6.07, 6.45) is 0. The average molecular weight is 462 g/mol. The van der Waals surface area contributed by atoms with Gasteiger partial charge in [-0.1, -0.05) is 52.5 Å². The lowest BCUT2D eigenvalue weighted by atomic mass is 9.84. The summed E-state index contributed by atoms with van der Waals surface area (Å²) in [4.78, 5) is 26.6. The monoisotopic (exact) mass is 459 g/mol. The van der Waals surface area contributed by atoms with Crippen LogP contribution in [0.25, 0.3) is 0 Å². The van der Waals surface area contributed by atoms with E-state index >= 15 is 0 Å². The Morgan fingerprint density at radius 3 is 1.88 bits per heavy atom. The molecule has 3 aliphatic rings. The smallest absolute Gasteiger partial charge is 0.246 e. The Morgan fingerprint density at radius 2 is 1.44 bits per heavy atom. The first-order valence-corrected chi connectivity index (χ1v) is 9.46. The molecule has 2 heterocycles. The van der Waals surface area contributed by atoms with Crippen molar-refractivity contribution in [3.8, 4) is 0 Å². The van der Waals surface area contributed by atoms with E-state index in [1.54, 1.807) is 25.1 Å². The molecule has 2 aliphatic carbocycles. The number of aromatic nitrogens is 1. The van der Waals surface area contributed by atoms with E-state index in [1.807, 2.05) is 0 Å². The van der Waals surface area contributed by atoms with Gasteiger partial charge in [0, 0.05) is 6.07 Å². The molecule has 1 saturated heterocycles. The Kier molecular flexibility index (Phi) is 3.76. The summed E-state index contributed by atoms with van der Waals surface area (Å²) in [6, 6.07) is 5.10. The standard InChI is InChI=1S/C15H8Cl6N2O2/c1-5-3-2-4-6(22-5)23-11(24)7-8(12(23)25)14(19)10(17)9(16)13(7,18)15(14,20)21/h2-4,7-8H,1H3/p+1. The first-order chi connectivity index (χ1) is 11.5. The second kappa shape index (κ2) is 5.18. The minimum atomic E-state index is -1.92. The van der Waals surface area contributed by atoms with Crippen molar-refractivity contribution < 1.29 is 14.6 Å². The van der Waals surface area contributed by atoms with Crippen LogP contribution < -0.4 is 9.88 Å². The minimum absolute atomic E-state index is 0.103. The van der Waals surface area contributed by atoms with Gasteiger partial charge in [0.05, 0.1) is 15.8 Å². The number of carbonyl (C=O) groups is 2. The van der Waals surface area contributed by atoms with Gasteiger partial charge in [0.15, 0.2) is 4.33 Å². The Balaban J connectivity index is 1.92. The van der Waals surface area contributed by atoms with Crippen LogP contribution in [0.5, 0.6) is 0 Å². The number of nitrogens with one attached hydrogen (secondary N) is 1. The Labute approximate surface area is 172 Å². The molecule has 1 N–H and O–H groups in total. The molecule has 1 saturated carbocycles. The molecular formula is C15H9Cl6N2O2+. The third-order valence-electron chi connectivity index (χ3n) is 5.08. The van der Waals surface area contributed by atoms with E-state index < -0.39 is 37.7 Å². The molecular weight excluding hydrogens is 453 g/mol. The summed E-state index contributed by atoms with van der Waals surface area (Å²) in [5, 5.41) is -0.207. The number of pyridine rings is 1. The zero-order valence-electron chi connectivity index (χ0n) is 12.4. The molecule has 2 bridgehead atoms. The number of rotatable bonds is 1. The Bertz CT molecular complexity index is 841. The molecule has 4 unspecified atom stereocenters. The van der Waals surface area contributed by atoms with E-state index in [1.165, 1.54) is 0 Å². The number of carbonyl (C=O) groups excluding carboxylic acids is 2. The fourth-order valence-corrected chi connectivity index (χ4v) is 6.86. The zero-order chi connectivity index (χ0) is 18.5. The van der Waals surface area contributed by atoms with Crippen LogP contribution in [-0.4, -0.2) is 25.9 Å². The van der Waals surface area contributed by atoms with Crippen LogP contribution in [-0.2, 0) is 9.59 Å². The van der Waals surface area contributed by atoms with Crippen molar-refractivity contribution in [3.63, 3.8) is 0 Å². The molecule has 10 heteroatoms. The second-order valence-corrected chi connectivity index (χ2v) is 9.59. The number of aryl methyl sites for hydroxylation is 1. The van der Waals surface area contributed by atoms with Crippen molar-refractivity contribution in [2.45, 2.75) is 21.0 Å². The molecule has 0 radical (unpaired) electrons. The normalized spacial score (nSPS) is 38.8. The number of allylic oxidation sites excluding steroid dienone is 2. The van der Waals surface area contributed by atoms with Crippen LogP contribution in [0.2, 0.25) is 0 Å². The van der Waals surface area contributed by atoms with Gasteiger partial charge in [-0.2, -0.15) is 0 Å². The van der Waals surface area contributed by atoms with Gasteiger partial charge in [0.1, 0.15) is 21.6 Å². The van der Waals surface area contributed by atoms with Crippen LogP contribution in [0.1, 0.15) is 5.69 Å². The summed E-state index contributed by atoms with van der Waals surface area (Å²) >= 11 is 38.6. The number of anilines is 1. The van der Waals surface area contributed by atoms with Crippen LogP contribution in [0.15, 0.2) is 28.3 Å². The fourth-order valence-electron chi connectivity index (χ4n) is 3.93. The molecule has 4 rings (SSSR count). The van der Waals surface area contributed by atoms with Gasteiger partial charge < -0.3 is 0 Å². The van der Waals surface area contributed by atoms with Gasteiger partial charge in [-0.25, -0.2) is 14.6 Å². The topological polar surface area (TPSA) is 51.5 Å². The van der Waals surface area contributed by atoms with E-state index in [-0.39, 0.29) is 10.1 Å². The molecule has 2 amide bonds. The number of amides is 2. The van der Waals surface area contributed by atoms with Crippen molar-refractivity contribution in [1.82, 2.24) is 0 Å². The highest BCUT2D eigenvalue weighted by Crippen LogP contribution is 2.77. The number of nitrogens with zero attached hydrogens (tertiary/aromatic N) is 1. The van der Waals surface area contributed by atoms with E-state index in [4.69, 9.17) is 69.6 Å². The second-order valence-electron chi connectivity index (χ2n) is 6.31. The largest absolute Gasteiger partial charge is 0.323 e. The van der Waals surface area contributed by atoms with E-state index in [0.717, 1.165) is 10.6 Å². The van der Waals surface area contributed by atoms with E-state index in [2.05, 4.69) is 4.98 Å². The van der Waals surface area contributed by atoms with Crippen molar-refractivity contribution >= 4 is 87.2 Å². The third-order valence-corrected chi connectivity index (χ3v) is 9.33. The summed E-state index contributed by atoms with van der Waals surface area (Å²) in [5.74, 6) is -3.12. The molecule has 25 heavy (non-hydrogen) atoms. The van der Waals surface area contributed by atoms with E-state index in [0.29, 0.717) is 5.82 Å². The molecule has 4 atom stereocenters. The predicted molar refractivity (Wildman–Crippen MR) is 97.5 cm³/mol. The number of hydrogen-bond acceptors (Lipinski definition) is 2. The number of imide groups is 1. The average Bonchev–Trinajstić information content (AvgIpc) is 2.92. The SMILES string of the molecule is Cc1cccc(N2C(=O)C3C(C2=O)C2(Cl)C(Cl)=C(Cl)C3(Cl)C2(Cl)Cl)[nH+]1. The van der Waals surface area contributed by atoms with Gasteiger partial charge >= 0.3 is 11.8 Å². The van der Waals surface area contributed by atoms with Crippen LogP contribution in [0.3, 0.4) is 0 Å². The van der Waals surface area contributed by atoms with Crippen molar-refractivity contribution in [3.05, 3.63) is 34.0 Å². The maximum atomic E-state index is 13.1. The number of hydrogen-bond donors (Lipinski definition) is 0. The highest BCUT2D eigenvalue weighted by Gasteiger charge is 2.89. The number of aromatic amines is 1. The zero-order valence-corrected chi connectivity index (χ0v) is 17.0. The summed E-state index contributed by atoms with van der Waals surface area (Å²) in [5.41, 5.74) is 0.762. The van der Waals surface area contributed by atoms with Crippen molar-refractivity contribution in [2.24, 2.45) is 11.8 Å². The highest BCUT2D eigenvalue weighted by molar-refractivity contribution is 6.67. The number of H-pyrrole nitrogens is 1.